The van der Waals surface area contributed by atoms with E-state index in [0.29, 0.717) is 0 Å². The van der Waals surface area contributed by atoms with Gasteiger partial charge in [-0.2, -0.15) is 0 Å². The fourth-order valence-corrected chi connectivity index (χ4v) is 0.557. The normalized spacial score (nSPS) is 9.62. The predicted octanol–water partition coefficient (Wildman–Crippen LogP) is -0.730. The van der Waals surface area contributed by atoms with Crippen LogP contribution in [0.2, 0.25) is 0 Å². The zero-order valence-corrected chi connectivity index (χ0v) is 6.26. The number of carbonyl (C=O) groups excluding carboxylic acids is 1. The van der Waals surface area contributed by atoms with Crippen molar-refractivity contribution < 1.29 is 29.1 Å². The largest absolute Gasteiger partial charge is 0.475 e. The molecule has 0 atom stereocenters. The third-order valence-corrected chi connectivity index (χ3v) is 1.05. The van der Waals surface area contributed by atoms with E-state index in [1.165, 1.54) is 0 Å². The molecule has 1 heterocycles. The van der Waals surface area contributed by atoms with Gasteiger partial charge in [0.2, 0.25) is 5.76 Å². The minimum Gasteiger partial charge on any atom is -0.475 e. The molecule has 1 aromatic rings. The van der Waals surface area contributed by atoms with Crippen LogP contribution in [0.1, 0.15) is 10.6 Å². The molecule has 0 aliphatic carbocycles. The van der Waals surface area contributed by atoms with Gasteiger partial charge < -0.3 is 19.5 Å². The summed E-state index contributed by atoms with van der Waals surface area (Å²) in [5.41, 5.74) is 0. The second kappa shape index (κ2) is 3.68. The molecule has 0 saturated carbocycles. The van der Waals surface area contributed by atoms with E-state index in [1.807, 2.05) is 0 Å². The van der Waals surface area contributed by atoms with Crippen LogP contribution in [-0.4, -0.2) is 33.9 Å². The van der Waals surface area contributed by atoms with E-state index in [0.717, 1.165) is 6.07 Å². The zero-order valence-electron chi connectivity index (χ0n) is 6.26. The number of aliphatic hydroxyl groups is 1. The molecular formula is C6H5NO6. The summed E-state index contributed by atoms with van der Waals surface area (Å²) in [7, 11) is 0. The quantitative estimate of drug-likeness (QED) is 0.600. The summed E-state index contributed by atoms with van der Waals surface area (Å²) in [6.07, 6.45) is 0. The first-order valence-corrected chi connectivity index (χ1v) is 3.15. The van der Waals surface area contributed by atoms with E-state index in [9.17, 15) is 9.59 Å². The molecule has 1 rings (SSSR count). The molecule has 7 heteroatoms. The number of hydrogen-bond donors (Lipinski definition) is 2. The summed E-state index contributed by atoms with van der Waals surface area (Å²) in [5.74, 6) is -3.00. The van der Waals surface area contributed by atoms with Gasteiger partial charge in [-0.1, -0.05) is 0 Å². The Balaban J connectivity index is 2.69. The van der Waals surface area contributed by atoms with Crippen LogP contribution in [0.3, 0.4) is 0 Å². The van der Waals surface area contributed by atoms with Gasteiger partial charge in [0.25, 0.3) is 5.88 Å². The van der Waals surface area contributed by atoms with Crippen LogP contribution in [0.15, 0.2) is 10.6 Å². The molecule has 7 nitrogen and oxygen atoms in total. The Hall–Kier alpha value is -1.89. The number of hydrogen-bond acceptors (Lipinski definition) is 6. The maximum atomic E-state index is 10.5. The molecule has 2 N–H and O–H groups in total. The van der Waals surface area contributed by atoms with Crippen LogP contribution < -0.4 is 4.74 Å². The maximum absolute atomic E-state index is 10.5. The SMILES string of the molecule is O=C(CO)Oc1cc(C(=O)O)on1. The monoisotopic (exact) mass is 187 g/mol. The van der Waals surface area contributed by atoms with Gasteiger partial charge in [-0.15, -0.1) is 0 Å². The fraction of sp³-hybridized carbons (Fsp3) is 0.167. The molecule has 0 aliphatic heterocycles. The Morgan fingerprint density at radius 1 is 1.62 bits per heavy atom. The highest BCUT2D eigenvalue weighted by Gasteiger charge is 2.13. The van der Waals surface area contributed by atoms with Crippen LogP contribution in [-0.2, 0) is 4.79 Å². The number of carboxylic acids is 1. The lowest BCUT2D eigenvalue weighted by Crippen LogP contribution is -2.12. The Morgan fingerprint density at radius 3 is 2.77 bits per heavy atom. The molecular weight excluding hydrogens is 182 g/mol. The molecule has 0 fully saturated rings. The lowest BCUT2D eigenvalue weighted by atomic mass is 10.5. The fourth-order valence-electron chi connectivity index (χ4n) is 0.557. The number of esters is 1. The molecule has 0 radical (unpaired) electrons. The van der Waals surface area contributed by atoms with E-state index in [4.69, 9.17) is 10.2 Å². The summed E-state index contributed by atoms with van der Waals surface area (Å²) in [4.78, 5) is 20.7. The molecule has 0 saturated heterocycles. The lowest BCUT2D eigenvalue weighted by molar-refractivity contribution is -0.137. The third kappa shape index (κ3) is 2.27. The van der Waals surface area contributed by atoms with Crippen molar-refractivity contribution in [2.75, 3.05) is 6.61 Å². The van der Waals surface area contributed by atoms with Crippen molar-refractivity contribution >= 4 is 11.9 Å². The highest BCUT2D eigenvalue weighted by molar-refractivity contribution is 5.84. The van der Waals surface area contributed by atoms with Gasteiger partial charge in [0, 0.05) is 0 Å². The lowest BCUT2D eigenvalue weighted by Gasteiger charge is -1.92. The number of aliphatic hydroxyl groups excluding tert-OH is 1. The number of carbonyl (C=O) groups is 2. The smallest absolute Gasteiger partial charge is 0.374 e. The van der Waals surface area contributed by atoms with Gasteiger partial charge in [-0.05, 0) is 5.16 Å². The molecule has 0 spiro atoms. The molecule has 13 heavy (non-hydrogen) atoms. The van der Waals surface area contributed by atoms with Crippen molar-refractivity contribution in [1.29, 1.82) is 0 Å². The second-order valence-corrected chi connectivity index (χ2v) is 1.97. The van der Waals surface area contributed by atoms with Crippen LogP contribution in [0.25, 0.3) is 0 Å². The molecule has 0 amide bonds. The third-order valence-electron chi connectivity index (χ3n) is 1.05. The van der Waals surface area contributed by atoms with Crippen LogP contribution in [0, 0.1) is 0 Å². The Morgan fingerprint density at radius 2 is 2.31 bits per heavy atom. The maximum Gasteiger partial charge on any atom is 0.374 e. The van der Waals surface area contributed by atoms with E-state index in [1.54, 1.807) is 0 Å². The summed E-state index contributed by atoms with van der Waals surface area (Å²) in [5, 5.41) is 19.7. The second-order valence-electron chi connectivity index (χ2n) is 1.97. The minimum atomic E-state index is -1.32. The van der Waals surface area contributed by atoms with E-state index >= 15 is 0 Å². The van der Waals surface area contributed by atoms with E-state index in [-0.39, 0.29) is 5.88 Å². The predicted molar refractivity (Wildman–Crippen MR) is 36.2 cm³/mol. The Bertz CT molecular complexity index is 330. The van der Waals surface area contributed by atoms with Gasteiger partial charge in [0.05, 0.1) is 6.07 Å². The summed E-state index contributed by atoms with van der Waals surface area (Å²) in [6, 6.07) is 0.926. The summed E-state index contributed by atoms with van der Waals surface area (Å²) < 4.78 is 8.60. The zero-order chi connectivity index (χ0) is 9.84. The number of carboxylic acid groups (broad SMARTS) is 1. The van der Waals surface area contributed by atoms with Gasteiger partial charge in [-0.25, -0.2) is 9.59 Å². The molecule has 1 aromatic heterocycles. The first kappa shape index (κ1) is 9.20. The average Bonchev–Trinajstić information content (AvgIpc) is 2.52. The first-order chi connectivity index (χ1) is 6.13. The van der Waals surface area contributed by atoms with Gasteiger partial charge >= 0.3 is 11.9 Å². The van der Waals surface area contributed by atoms with Gasteiger partial charge in [0.1, 0.15) is 6.61 Å². The van der Waals surface area contributed by atoms with Crippen molar-refractivity contribution in [3.05, 3.63) is 11.8 Å². The van der Waals surface area contributed by atoms with Gasteiger partial charge in [0.15, 0.2) is 0 Å². The molecule has 0 unspecified atom stereocenters. The first-order valence-electron chi connectivity index (χ1n) is 3.15. The van der Waals surface area contributed by atoms with E-state index in [2.05, 4.69) is 14.4 Å². The molecule has 0 aliphatic rings. The van der Waals surface area contributed by atoms with Crippen molar-refractivity contribution in [3.63, 3.8) is 0 Å². The van der Waals surface area contributed by atoms with Crippen molar-refractivity contribution in [1.82, 2.24) is 5.16 Å². The van der Waals surface area contributed by atoms with Crippen molar-refractivity contribution in [2.24, 2.45) is 0 Å². The van der Waals surface area contributed by atoms with Crippen molar-refractivity contribution in [3.8, 4) is 5.88 Å². The van der Waals surface area contributed by atoms with Crippen LogP contribution >= 0.6 is 0 Å². The van der Waals surface area contributed by atoms with Crippen molar-refractivity contribution in [2.45, 2.75) is 0 Å². The number of ether oxygens (including phenoxy) is 1. The molecule has 0 bridgehead atoms. The average molecular weight is 187 g/mol. The highest BCUT2D eigenvalue weighted by Crippen LogP contribution is 2.10. The Kier molecular flexibility index (Phi) is 2.60. The van der Waals surface area contributed by atoms with Crippen LogP contribution in [0.5, 0.6) is 5.88 Å². The van der Waals surface area contributed by atoms with Gasteiger partial charge in [-0.3, -0.25) is 0 Å². The molecule has 70 valence electrons. The number of aromatic nitrogens is 1. The number of aromatic carboxylic acids is 1. The Labute approximate surface area is 71.5 Å². The molecule has 0 aromatic carbocycles. The highest BCUT2D eigenvalue weighted by atomic mass is 16.6. The number of rotatable bonds is 3. The van der Waals surface area contributed by atoms with E-state index < -0.39 is 24.3 Å². The standard InChI is InChI=1S/C6H5NO6/c8-2-5(9)12-4-1-3(6(10)11)13-7-4/h1,8H,2H2,(H,10,11). The number of nitrogens with zero attached hydrogens (tertiary/aromatic N) is 1. The summed E-state index contributed by atoms with van der Waals surface area (Å²) >= 11 is 0. The minimum absolute atomic E-state index is 0.295. The topological polar surface area (TPSA) is 110 Å². The summed E-state index contributed by atoms with van der Waals surface area (Å²) in [6.45, 7) is -0.810. The van der Waals surface area contributed by atoms with Crippen LogP contribution in [0.4, 0.5) is 0 Å².